The molecule has 1 heterocycles. The largest absolute Gasteiger partial charge is 0.368 e. The lowest BCUT2D eigenvalue weighted by Crippen LogP contribution is -2.23. The lowest BCUT2D eigenvalue weighted by molar-refractivity contribution is 0.867. The maximum atomic E-state index is 11.6. The zero-order valence-electron chi connectivity index (χ0n) is 8.51. The van der Waals surface area contributed by atoms with E-state index in [4.69, 9.17) is 17.3 Å². The van der Waals surface area contributed by atoms with E-state index in [-0.39, 0.29) is 5.95 Å². The van der Waals surface area contributed by atoms with Crippen molar-refractivity contribution in [3.05, 3.63) is 45.6 Å². The molecule has 0 bridgehead atoms. The molecule has 0 saturated heterocycles. The monoisotopic (exact) mass is 236 g/mol. The van der Waals surface area contributed by atoms with Gasteiger partial charge in [0, 0.05) is 0 Å². The summed E-state index contributed by atoms with van der Waals surface area (Å²) in [7, 11) is 0. The number of halogens is 1. The minimum atomic E-state index is -0.502. The molecule has 5 nitrogen and oxygen atoms in total. The zero-order chi connectivity index (χ0) is 11.7. The molecule has 0 saturated carbocycles. The Morgan fingerprint density at radius 1 is 1.44 bits per heavy atom. The van der Waals surface area contributed by atoms with Gasteiger partial charge < -0.3 is 5.73 Å². The third-order valence-electron chi connectivity index (χ3n) is 2.08. The molecule has 6 heteroatoms. The minimum absolute atomic E-state index is 0.0514. The number of hydrogen-bond donors (Lipinski definition) is 1. The van der Waals surface area contributed by atoms with E-state index in [1.165, 1.54) is 10.9 Å². The van der Waals surface area contributed by atoms with Gasteiger partial charge in [0.15, 0.2) is 0 Å². The van der Waals surface area contributed by atoms with Crippen molar-refractivity contribution in [1.82, 2.24) is 14.5 Å². The molecule has 2 aromatic rings. The van der Waals surface area contributed by atoms with E-state index < -0.39 is 5.69 Å². The van der Waals surface area contributed by atoms with Gasteiger partial charge in [-0.1, -0.05) is 17.7 Å². The van der Waals surface area contributed by atoms with Crippen LogP contribution in [-0.2, 0) is 0 Å². The molecule has 0 amide bonds. The molecule has 2 rings (SSSR count). The number of aromatic nitrogens is 3. The second kappa shape index (κ2) is 3.94. The summed E-state index contributed by atoms with van der Waals surface area (Å²) in [5.41, 5.74) is 6.35. The SMILES string of the molecule is Cc1ccc(-n2cnc(N)nc2=O)c(Cl)c1. The normalized spacial score (nSPS) is 10.4. The first-order valence-electron chi connectivity index (χ1n) is 4.55. The van der Waals surface area contributed by atoms with Crippen LogP contribution < -0.4 is 11.4 Å². The number of rotatable bonds is 1. The maximum absolute atomic E-state index is 11.6. The highest BCUT2D eigenvalue weighted by molar-refractivity contribution is 6.32. The maximum Gasteiger partial charge on any atom is 0.356 e. The first-order valence-corrected chi connectivity index (χ1v) is 4.93. The van der Waals surface area contributed by atoms with Crippen molar-refractivity contribution in [2.24, 2.45) is 0 Å². The number of hydrogen-bond acceptors (Lipinski definition) is 4. The summed E-state index contributed by atoms with van der Waals surface area (Å²) < 4.78 is 1.25. The van der Waals surface area contributed by atoms with E-state index in [0.717, 1.165) is 5.56 Å². The summed E-state index contributed by atoms with van der Waals surface area (Å²) >= 11 is 6.03. The van der Waals surface area contributed by atoms with Crippen molar-refractivity contribution in [1.29, 1.82) is 0 Å². The molecular formula is C10H9ClN4O. The molecule has 0 fully saturated rings. The van der Waals surface area contributed by atoms with Crippen LogP contribution in [-0.4, -0.2) is 14.5 Å². The van der Waals surface area contributed by atoms with Gasteiger partial charge in [0.25, 0.3) is 0 Å². The minimum Gasteiger partial charge on any atom is -0.368 e. The molecule has 0 aliphatic heterocycles. The Kier molecular flexibility index (Phi) is 2.62. The number of aryl methyl sites for hydroxylation is 1. The van der Waals surface area contributed by atoms with E-state index in [0.29, 0.717) is 10.7 Å². The van der Waals surface area contributed by atoms with Crippen LogP contribution >= 0.6 is 11.6 Å². The molecule has 1 aromatic carbocycles. The van der Waals surface area contributed by atoms with E-state index >= 15 is 0 Å². The first kappa shape index (κ1) is 10.6. The van der Waals surface area contributed by atoms with Gasteiger partial charge in [-0.15, -0.1) is 0 Å². The molecule has 0 aliphatic rings. The first-order chi connectivity index (χ1) is 7.58. The number of nitrogen functional groups attached to an aromatic ring is 1. The summed E-state index contributed by atoms with van der Waals surface area (Å²) in [4.78, 5) is 18.8. The van der Waals surface area contributed by atoms with Crippen LogP contribution in [0.1, 0.15) is 5.56 Å². The van der Waals surface area contributed by atoms with Crippen molar-refractivity contribution in [3.8, 4) is 5.69 Å². The van der Waals surface area contributed by atoms with Crippen molar-refractivity contribution in [3.63, 3.8) is 0 Å². The zero-order valence-corrected chi connectivity index (χ0v) is 9.27. The van der Waals surface area contributed by atoms with Crippen molar-refractivity contribution >= 4 is 17.5 Å². The van der Waals surface area contributed by atoms with Crippen LogP contribution in [0.2, 0.25) is 5.02 Å². The van der Waals surface area contributed by atoms with Crippen molar-refractivity contribution in [2.75, 3.05) is 5.73 Å². The van der Waals surface area contributed by atoms with Crippen molar-refractivity contribution < 1.29 is 0 Å². The molecule has 2 N–H and O–H groups in total. The van der Waals surface area contributed by atoms with Gasteiger partial charge in [-0.2, -0.15) is 4.98 Å². The van der Waals surface area contributed by atoms with Gasteiger partial charge >= 0.3 is 5.69 Å². The van der Waals surface area contributed by atoms with Crippen LogP contribution in [0.3, 0.4) is 0 Å². The summed E-state index contributed by atoms with van der Waals surface area (Å²) in [6.07, 6.45) is 1.31. The number of nitrogens with two attached hydrogens (primary N) is 1. The third-order valence-corrected chi connectivity index (χ3v) is 2.39. The Bertz CT molecular complexity index is 594. The van der Waals surface area contributed by atoms with Crippen LogP contribution in [0.5, 0.6) is 0 Å². The molecule has 0 spiro atoms. The second-order valence-corrected chi connectivity index (χ2v) is 3.73. The fraction of sp³-hybridized carbons (Fsp3) is 0.100. The summed E-state index contributed by atoms with van der Waals surface area (Å²) in [5, 5.41) is 0.468. The van der Waals surface area contributed by atoms with Gasteiger partial charge in [0.1, 0.15) is 6.33 Å². The van der Waals surface area contributed by atoms with Crippen LogP contribution in [0, 0.1) is 6.92 Å². The molecule has 1 aromatic heterocycles. The average molecular weight is 237 g/mol. The van der Waals surface area contributed by atoms with E-state index in [9.17, 15) is 4.79 Å². The third kappa shape index (κ3) is 1.90. The van der Waals surface area contributed by atoms with Crippen molar-refractivity contribution in [2.45, 2.75) is 6.92 Å². The fourth-order valence-electron chi connectivity index (χ4n) is 1.32. The van der Waals surface area contributed by atoms with E-state index in [1.54, 1.807) is 12.1 Å². The average Bonchev–Trinajstić information content (AvgIpc) is 2.19. The highest BCUT2D eigenvalue weighted by Crippen LogP contribution is 2.19. The van der Waals surface area contributed by atoms with E-state index in [1.807, 2.05) is 13.0 Å². The number of nitrogens with zero attached hydrogens (tertiary/aromatic N) is 3. The summed E-state index contributed by atoms with van der Waals surface area (Å²) in [6.45, 7) is 1.91. The summed E-state index contributed by atoms with van der Waals surface area (Å²) in [6, 6.07) is 5.35. The Labute approximate surface area is 96.5 Å². The molecular weight excluding hydrogens is 228 g/mol. The molecule has 16 heavy (non-hydrogen) atoms. The predicted molar refractivity (Wildman–Crippen MR) is 61.8 cm³/mol. The Hall–Kier alpha value is -1.88. The van der Waals surface area contributed by atoms with Gasteiger partial charge in [-0.25, -0.2) is 14.3 Å². The molecule has 0 atom stereocenters. The lowest BCUT2D eigenvalue weighted by atomic mass is 10.2. The second-order valence-electron chi connectivity index (χ2n) is 3.32. The van der Waals surface area contributed by atoms with Crippen LogP contribution in [0.15, 0.2) is 29.3 Å². The van der Waals surface area contributed by atoms with Gasteiger partial charge in [-0.3, -0.25) is 0 Å². The standard InChI is InChI=1S/C10H9ClN4O/c1-6-2-3-8(7(11)4-6)15-5-13-9(12)14-10(15)16/h2-5H,1H3,(H2,12,14,16). The van der Waals surface area contributed by atoms with Crippen LogP contribution in [0.4, 0.5) is 5.95 Å². The number of anilines is 1. The number of benzene rings is 1. The fourth-order valence-corrected chi connectivity index (χ4v) is 1.65. The smallest absolute Gasteiger partial charge is 0.356 e. The molecule has 0 aliphatic carbocycles. The molecule has 82 valence electrons. The highest BCUT2D eigenvalue weighted by Gasteiger charge is 2.06. The van der Waals surface area contributed by atoms with Gasteiger partial charge in [-0.05, 0) is 24.6 Å². The Morgan fingerprint density at radius 2 is 2.19 bits per heavy atom. The Morgan fingerprint density at radius 3 is 2.81 bits per heavy atom. The van der Waals surface area contributed by atoms with Gasteiger partial charge in [0.05, 0.1) is 10.7 Å². The quantitative estimate of drug-likeness (QED) is 0.807. The summed E-state index contributed by atoms with van der Waals surface area (Å²) in [5.74, 6) is -0.0514. The predicted octanol–water partition coefficient (Wildman–Crippen LogP) is 1.17. The molecule has 0 unspecified atom stereocenters. The van der Waals surface area contributed by atoms with E-state index in [2.05, 4.69) is 9.97 Å². The topological polar surface area (TPSA) is 73.8 Å². The van der Waals surface area contributed by atoms with Crippen LogP contribution in [0.25, 0.3) is 5.69 Å². The Balaban J connectivity index is 2.63. The molecule has 0 radical (unpaired) electrons. The highest BCUT2D eigenvalue weighted by atomic mass is 35.5. The van der Waals surface area contributed by atoms with Gasteiger partial charge in [0.2, 0.25) is 5.95 Å². The lowest BCUT2D eigenvalue weighted by Gasteiger charge is -2.06.